The highest BCUT2D eigenvalue weighted by molar-refractivity contribution is 6.06. The van der Waals surface area contributed by atoms with Crippen LogP contribution in [0.2, 0.25) is 0 Å². The summed E-state index contributed by atoms with van der Waals surface area (Å²) in [5, 5.41) is 0. The zero-order valence-corrected chi connectivity index (χ0v) is 17.6. The van der Waals surface area contributed by atoms with E-state index >= 15 is 0 Å². The van der Waals surface area contributed by atoms with Gasteiger partial charge in [0.25, 0.3) is 0 Å². The standard InChI is InChI=1S/C25H32N2O2/c1-3-4-5-7-10-19-16-26-25(27-17-19)23(20-11-8-6-9-12-20)24(29)21-14-13-18(2)15-22(21)28/h6,8-9,11-12,16-18,21,23H,3-5,7,10,13-15H2,1-2H3. The summed E-state index contributed by atoms with van der Waals surface area (Å²) in [4.78, 5) is 35.2. The zero-order valence-electron chi connectivity index (χ0n) is 17.6. The third-order valence-corrected chi connectivity index (χ3v) is 5.95. The molecule has 0 N–H and O–H groups in total. The highest BCUT2D eigenvalue weighted by Gasteiger charge is 2.38. The molecule has 1 heterocycles. The van der Waals surface area contributed by atoms with Crippen molar-refractivity contribution in [2.75, 3.05) is 0 Å². The van der Waals surface area contributed by atoms with Crippen molar-refractivity contribution in [1.82, 2.24) is 9.97 Å². The Labute approximate surface area is 174 Å². The molecule has 4 heteroatoms. The van der Waals surface area contributed by atoms with Gasteiger partial charge in [0, 0.05) is 18.8 Å². The lowest BCUT2D eigenvalue weighted by atomic mass is 9.75. The third-order valence-electron chi connectivity index (χ3n) is 5.95. The van der Waals surface area contributed by atoms with Crippen molar-refractivity contribution in [3.8, 4) is 0 Å². The van der Waals surface area contributed by atoms with Gasteiger partial charge in [-0.15, -0.1) is 0 Å². The number of carbonyl (C=O) groups is 2. The van der Waals surface area contributed by atoms with Crippen LogP contribution in [0.3, 0.4) is 0 Å². The fraction of sp³-hybridized carbons (Fsp3) is 0.520. The number of unbranched alkanes of at least 4 members (excludes halogenated alkanes) is 3. The number of rotatable bonds is 9. The number of aryl methyl sites for hydroxylation is 1. The average molecular weight is 393 g/mol. The fourth-order valence-corrected chi connectivity index (χ4v) is 4.19. The van der Waals surface area contributed by atoms with Crippen molar-refractivity contribution in [2.45, 2.75) is 71.1 Å². The van der Waals surface area contributed by atoms with Crippen LogP contribution in [0.25, 0.3) is 0 Å². The third kappa shape index (κ3) is 5.59. The molecule has 3 rings (SSSR count). The van der Waals surface area contributed by atoms with Crippen LogP contribution in [0.15, 0.2) is 42.7 Å². The van der Waals surface area contributed by atoms with E-state index in [1.54, 1.807) is 0 Å². The number of benzene rings is 1. The first-order valence-corrected chi connectivity index (χ1v) is 11.0. The van der Waals surface area contributed by atoms with Gasteiger partial charge in [-0.05, 0) is 42.7 Å². The van der Waals surface area contributed by atoms with Gasteiger partial charge in [-0.2, -0.15) is 0 Å². The minimum Gasteiger partial charge on any atom is -0.299 e. The summed E-state index contributed by atoms with van der Waals surface area (Å²) in [6.07, 6.45) is 11.5. The second kappa shape index (κ2) is 10.4. The number of ketones is 2. The number of hydrogen-bond acceptors (Lipinski definition) is 4. The normalized spacial score (nSPS) is 20.4. The highest BCUT2D eigenvalue weighted by Crippen LogP contribution is 2.33. The first-order valence-electron chi connectivity index (χ1n) is 11.0. The predicted molar refractivity (Wildman–Crippen MR) is 115 cm³/mol. The van der Waals surface area contributed by atoms with E-state index in [1.807, 2.05) is 42.7 Å². The summed E-state index contributed by atoms with van der Waals surface area (Å²) in [6.45, 7) is 4.28. The molecular weight excluding hydrogens is 360 g/mol. The number of hydrogen-bond donors (Lipinski definition) is 0. The molecule has 3 atom stereocenters. The molecule has 1 aromatic carbocycles. The molecule has 1 aliphatic carbocycles. The summed E-state index contributed by atoms with van der Waals surface area (Å²) < 4.78 is 0. The maximum absolute atomic E-state index is 13.4. The van der Waals surface area contributed by atoms with Crippen molar-refractivity contribution in [3.05, 3.63) is 59.7 Å². The van der Waals surface area contributed by atoms with Crippen LogP contribution in [0.1, 0.15) is 81.7 Å². The number of Topliss-reactive ketones (excluding diaryl/α,β-unsaturated/α-hetero) is 2. The molecule has 1 aliphatic rings. The quantitative estimate of drug-likeness (QED) is 0.429. The molecule has 0 bridgehead atoms. The first kappa shape index (κ1) is 21.4. The van der Waals surface area contributed by atoms with Crippen LogP contribution in [-0.4, -0.2) is 21.5 Å². The van der Waals surface area contributed by atoms with Gasteiger partial charge in [0.05, 0.1) is 5.92 Å². The molecule has 4 nitrogen and oxygen atoms in total. The van der Waals surface area contributed by atoms with Gasteiger partial charge in [0.15, 0.2) is 5.78 Å². The Morgan fingerprint density at radius 2 is 1.79 bits per heavy atom. The number of carbonyl (C=O) groups excluding carboxylic acids is 2. The van der Waals surface area contributed by atoms with E-state index < -0.39 is 11.8 Å². The summed E-state index contributed by atoms with van der Waals surface area (Å²) in [5.41, 5.74) is 1.96. The molecule has 1 fully saturated rings. The number of aromatic nitrogens is 2. The SMILES string of the molecule is CCCCCCc1cnc(C(C(=O)C2CCC(C)CC2=O)c2ccccc2)nc1. The Morgan fingerprint density at radius 1 is 1.07 bits per heavy atom. The summed E-state index contributed by atoms with van der Waals surface area (Å²) >= 11 is 0. The van der Waals surface area contributed by atoms with Crippen LogP contribution in [0.4, 0.5) is 0 Å². The Hall–Kier alpha value is -2.36. The summed E-state index contributed by atoms with van der Waals surface area (Å²) in [7, 11) is 0. The smallest absolute Gasteiger partial charge is 0.158 e. The Kier molecular flexibility index (Phi) is 7.68. The van der Waals surface area contributed by atoms with E-state index in [1.165, 1.54) is 19.3 Å². The summed E-state index contributed by atoms with van der Waals surface area (Å²) in [6, 6.07) is 9.63. The van der Waals surface area contributed by atoms with Gasteiger partial charge in [0.2, 0.25) is 0 Å². The molecule has 29 heavy (non-hydrogen) atoms. The molecule has 0 amide bonds. The van der Waals surface area contributed by atoms with Crippen molar-refractivity contribution >= 4 is 11.6 Å². The molecule has 154 valence electrons. The molecule has 2 aromatic rings. The minimum absolute atomic E-state index is 0.0520. The van der Waals surface area contributed by atoms with Crippen molar-refractivity contribution in [2.24, 2.45) is 11.8 Å². The van der Waals surface area contributed by atoms with E-state index in [-0.39, 0.29) is 11.6 Å². The first-order chi connectivity index (χ1) is 14.1. The maximum Gasteiger partial charge on any atom is 0.158 e. The molecular formula is C25H32N2O2. The Bertz CT molecular complexity index is 801. The Morgan fingerprint density at radius 3 is 2.45 bits per heavy atom. The molecule has 0 saturated heterocycles. The van der Waals surface area contributed by atoms with Gasteiger partial charge < -0.3 is 0 Å². The van der Waals surface area contributed by atoms with Crippen LogP contribution in [0, 0.1) is 11.8 Å². The lowest BCUT2D eigenvalue weighted by molar-refractivity contribution is -0.135. The van der Waals surface area contributed by atoms with Crippen molar-refractivity contribution < 1.29 is 9.59 Å². The molecule has 1 saturated carbocycles. The lowest BCUT2D eigenvalue weighted by Gasteiger charge is -2.27. The average Bonchev–Trinajstić information content (AvgIpc) is 2.73. The van der Waals surface area contributed by atoms with E-state index in [0.717, 1.165) is 30.4 Å². The van der Waals surface area contributed by atoms with Crippen LogP contribution >= 0.6 is 0 Å². The lowest BCUT2D eigenvalue weighted by Crippen LogP contribution is -2.34. The minimum atomic E-state index is -0.576. The van der Waals surface area contributed by atoms with Crippen molar-refractivity contribution in [3.63, 3.8) is 0 Å². The second-order valence-corrected chi connectivity index (χ2v) is 8.41. The molecule has 0 radical (unpaired) electrons. The molecule has 0 spiro atoms. The molecule has 0 aliphatic heterocycles. The topological polar surface area (TPSA) is 59.9 Å². The van der Waals surface area contributed by atoms with Gasteiger partial charge in [-0.1, -0.05) is 63.4 Å². The fourth-order valence-electron chi connectivity index (χ4n) is 4.19. The molecule has 1 aromatic heterocycles. The second-order valence-electron chi connectivity index (χ2n) is 8.41. The van der Waals surface area contributed by atoms with E-state index in [9.17, 15) is 9.59 Å². The largest absolute Gasteiger partial charge is 0.299 e. The van der Waals surface area contributed by atoms with E-state index in [0.29, 0.717) is 24.6 Å². The van der Waals surface area contributed by atoms with E-state index in [4.69, 9.17) is 0 Å². The van der Waals surface area contributed by atoms with Gasteiger partial charge in [0.1, 0.15) is 17.5 Å². The van der Waals surface area contributed by atoms with Crippen molar-refractivity contribution in [1.29, 1.82) is 0 Å². The van der Waals surface area contributed by atoms with Gasteiger partial charge in [-0.25, -0.2) is 9.97 Å². The summed E-state index contributed by atoms with van der Waals surface area (Å²) in [5.74, 6) is -0.220. The zero-order chi connectivity index (χ0) is 20.6. The Balaban J connectivity index is 1.81. The highest BCUT2D eigenvalue weighted by atomic mass is 16.2. The molecule has 3 unspecified atom stereocenters. The van der Waals surface area contributed by atoms with Crippen LogP contribution in [0.5, 0.6) is 0 Å². The van der Waals surface area contributed by atoms with Crippen LogP contribution < -0.4 is 0 Å². The predicted octanol–water partition coefficient (Wildman–Crippen LogP) is 5.31. The van der Waals surface area contributed by atoms with Crippen LogP contribution in [-0.2, 0) is 16.0 Å². The maximum atomic E-state index is 13.4. The number of nitrogens with zero attached hydrogens (tertiary/aromatic N) is 2. The monoisotopic (exact) mass is 392 g/mol. The van der Waals surface area contributed by atoms with Gasteiger partial charge >= 0.3 is 0 Å². The van der Waals surface area contributed by atoms with E-state index in [2.05, 4.69) is 23.8 Å². The van der Waals surface area contributed by atoms with Gasteiger partial charge in [-0.3, -0.25) is 9.59 Å².